The molecule has 0 heterocycles. The third-order valence-electron chi connectivity index (χ3n) is 5.87. The third-order valence-corrected chi connectivity index (χ3v) is 7.31. The summed E-state index contributed by atoms with van der Waals surface area (Å²) in [5, 5.41) is 4.46. The molecule has 0 aromatic heterocycles. The predicted octanol–water partition coefficient (Wildman–Crippen LogP) is 7.34. The molecule has 0 spiro atoms. The molecule has 0 bridgehead atoms. The van der Waals surface area contributed by atoms with Gasteiger partial charge in [-0.1, -0.05) is 78.1 Å². The van der Waals surface area contributed by atoms with E-state index in [1.807, 2.05) is 44.2 Å². The second-order valence-electron chi connectivity index (χ2n) is 8.64. The minimum atomic E-state index is -0.798. The van der Waals surface area contributed by atoms with Crippen LogP contribution in [-0.2, 0) is 22.6 Å². The Balaban J connectivity index is 1.95. The van der Waals surface area contributed by atoms with Crippen LogP contribution in [0.15, 0.2) is 71.2 Å². The monoisotopic (exact) mass is 624 g/mol. The van der Waals surface area contributed by atoms with E-state index in [-0.39, 0.29) is 31.0 Å². The van der Waals surface area contributed by atoms with Gasteiger partial charge in [0.05, 0.1) is 4.47 Å². The summed E-state index contributed by atoms with van der Waals surface area (Å²) in [4.78, 5) is 28.7. The minimum absolute atomic E-state index is 0.0527. The zero-order valence-electron chi connectivity index (χ0n) is 20.5. The molecule has 196 valence electrons. The van der Waals surface area contributed by atoms with Crippen molar-refractivity contribution in [2.45, 2.75) is 45.3 Å². The van der Waals surface area contributed by atoms with Crippen molar-refractivity contribution in [3.8, 4) is 5.75 Å². The zero-order valence-corrected chi connectivity index (χ0v) is 24.4. The lowest BCUT2D eigenvalue weighted by atomic mass is 10.0. The first-order valence-electron chi connectivity index (χ1n) is 11.8. The van der Waals surface area contributed by atoms with Crippen molar-refractivity contribution in [1.29, 1.82) is 0 Å². The van der Waals surface area contributed by atoms with Gasteiger partial charge in [-0.15, -0.1) is 0 Å². The Morgan fingerprint density at radius 3 is 2.32 bits per heavy atom. The normalized spacial score (nSPS) is 12.5. The Kier molecular flexibility index (Phi) is 11.1. The summed E-state index contributed by atoms with van der Waals surface area (Å²) in [7, 11) is 0. The number of hydrogen-bond donors (Lipinski definition) is 1. The van der Waals surface area contributed by atoms with Gasteiger partial charge in [0.1, 0.15) is 11.8 Å². The first kappa shape index (κ1) is 29.3. The topological polar surface area (TPSA) is 58.6 Å². The summed E-state index contributed by atoms with van der Waals surface area (Å²) in [6, 6.07) is 18.9. The van der Waals surface area contributed by atoms with E-state index in [0.29, 0.717) is 37.3 Å². The standard InChI is InChI=1S/C28H28BrCl3N2O3/c1-3-18(2)33-28(36)25(13-19-7-5-4-6-8-19)34(16-20-9-10-22(31)15-24(20)32)27(35)17-37-26-12-11-21(30)14-23(26)29/h4-12,14-15,18,25H,3,13,16-17H2,1-2H3,(H,33,36). The van der Waals surface area contributed by atoms with Gasteiger partial charge in [-0.2, -0.15) is 0 Å². The second kappa shape index (κ2) is 14.1. The SMILES string of the molecule is CCC(C)NC(=O)C(Cc1ccccc1)N(Cc1ccc(Cl)cc1Cl)C(=O)COc1ccc(Cl)cc1Br. The molecular formula is C28H28BrCl3N2O3. The molecule has 0 saturated heterocycles. The van der Waals surface area contributed by atoms with Crippen LogP contribution < -0.4 is 10.1 Å². The maximum atomic E-state index is 13.7. The number of amides is 2. The van der Waals surface area contributed by atoms with Crippen molar-refractivity contribution in [1.82, 2.24) is 10.2 Å². The van der Waals surface area contributed by atoms with Crippen molar-refractivity contribution < 1.29 is 14.3 Å². The van der Waals surface area contributed by atoms with Gasteiger partial charge < -0.3 is 15.0 Å². The first-order chi connectivity index (χ1) is 17.7. The Morgan fingerprint density at radius 2 is 1.68 bits per heavy atom. The molecule has 0 aliphatic heterocycles. The summed E-state index contributed by atoms with van der Waals surface area (Å²) in [5.41, 5.74) is 1.59. The smallest absolute Gasteiger partial charge is 0.261 e. The van der Waals surface area contributed by atoms with Gasteiger partial charge >= 0.3 is 0 Å². The molecule has 37 heavy (non-hydrogen) atoms. The van der Waals surface area contributed by atoms with E-state index in [1.165, 1.54) is 4.90 Å². The molecule has 0 saturated carbocycles. The molecule has 2 unspecified atom stereocenters. The third kappa shape index (κ3) is 8.64. The average molecular weight is 627 g/mol. The number of carbonyl (C=O) groups is 2. The number of hydrogen-bond acceptors (Lipinski definition) is 3. The fourth-order valence-corrected chi connectivity index (χ4v) is 4.91. The van der Waals surface area contributed by atoms with Crippen LogP contribution in [0.3, 0.4) is 0 Å². The van der Waals surface area contributed by atoms with Gasteiger partial charge in [-0.05, 0) is 70.7 Å². The molecule has 3 aromatic carbocycles. The van der Waals surface area contributed by atoms with E-state index in [4.69, 9.17) is 39.5 Å². The number of ether oxygens (including phenoxy) is 1. The lowest BCUT2D eigenvalue weighted by Crippen LogP contribution is -2.53. The van der Waals surface area contributed by atoms with Crippen LogP contribution in [0, 0.1) is 0 Å². The zero-order chi connectivity index (χ0) is 26.9. The van der Waals surface area contributed by atoms with Crippen molar-refractivity contribution in [2.75, 3.05) is 6.61 Å². The summed E-state index contributed by atoms with van der Waals surface area (Å²) in [5.74, 6) is -0.150. The molecule has 2 atom stereocenters. The molecule has 3 aromatic rings. The summed E-state index contributed by atoms with van der Waals surface area (Å²) in [6.45, 7) is 3.74. The molecule has 2 amide bonds. The fraction of sp³-hybridized carbons (Fsp3) is 0.286. The van der Waals surface area contributed by atoms with E-state index in [1.54, 1.807) is 36.4 Å². The molecular weight excluding hydrogens is 599 g/mol. The Morgan fingerprint density at radius 1 is 1.00 bits per heavy atom. The fourth-order valence-electron chi connectivity index (χ4n) is 3.64. The van der Waals surface area contributed by atoms with E-state index < -0.39 is 6.04 Å². The van der Waals surface area contributed by atoms with Crippen LogP contribution >= 0.6 is 50.7 Å². The molecule has 0 radical (unpaired) electrons. The van der Waals surface area contributed by atoms with E-state index >= 15 is 0 Å². The van der Waals surface area contributed by atoms with Crippen molar-refractivity contribution >= 4 is 62.5 Å². The molecule has 0 aliphatic carbocycles. The first-order valence-corrected chi connectivity index (χ1v) is 13.8. The highest BCUT2D eigenvalue weighted by atomic mass is 79.9. The molecule has 3 rings (SSSR count). The highest BCUT2D eigenvalue weighted by Crippen LogP contribution is 2.29. The van der Waals surface area contributed by atoms with Crippen LogP contribution in [0.4, 0.5) is 0 Å². The lowest BCUT2D eigenvalue weighted by Gasteiger charge is -2.32. The predicted molar refractivity (Wildman–Crippen MR) is 153 cm³/mol. The van der Waals surface area contributed by atoms with E-state index in [9.17, 15) is 9.59 Å². The van der Waals surface area contributed by atoms with Gasteiger partial charge in [0.15, 0.2) is 6.61 Å². The maximum Gasteiger partial charge on any atom is 0.261 e. The average Bonchev–Trinajstić information content (AvgIpc) is 2.87. The quantitative estimate of drug-likeness (QED) is 0.242. The van der Waals surface area contributed by atoms with Gasteiger partial charge in [-0.25, -0.2) is 0 Å². The second-order valence-corrected chi connectivity index (χ2v) is 10.8. The van der Waals surface area contributed by atoms with Crippen LogP contribution in [0.1, 0.15) is 31.4 Å². The molecule has 1 N–H and O–H groups in total. The highest BCUT2D eigenvalue weighted by molar-refractivity contribution is 9.10. The molecule has 0 aliphatic rings. The lowest BCUT2D eigenvalue weighted by molar-refractivity contribution is -0.143. The van der Waals surface area contributed by atoms with Crippen molar-refractivity contribution in [3.05, 3.63) is 97.4 Å². The minimum Gasteiger partial charge on any atom is -0.483 e. The number of nitrogens with one attached hydrogen (secondary N) is 1. The highest BCUT2D eigenvalue weighted by Gasteiger charge is 2.31. The van der Waals surface area contributed by atoms with E-state index in [0.717, 1.165) is 12.0 Å². The largest absolute Gasteiger partial charge is 0.483 e. The number of halogens is 4. The molecule has 5 nitrogen and oxygen atoms in total. The number of rotatable bonds is 11. The van der Waals surface area contributed by atoms with E-state index in [2.05, 4.69) is 21.2 Å². The molecule has 9 heteroatoms. The number of nitrogens with zero attached hydrogens (tertiary/aromatic N) is 1. The Bertz CT molecular complexity index is 1230. The van der Waals surface area contributed by atoms with Crippen molar-refractivity contribution in [3.63, 3.8) is 0 Å². The Hall–Kier alpha value is -2.25. The van der Waals surface area contributed by atoms with Crippen LogP contribution in [-0.4, -0.2) is 35.4 Å². The maximum absolute atomic E-state index is 13.7. The summed E-state index contributed by atoms with van der Waals surface area (Å²) >= 11 is 22.0. The van der Waals surface area contributed by atoms with Gasteiger partial charge in [0.2, 0.25) is 5.91 Å². The number of carbonyl (C=O) groups excluding carboxylic acids is 2. The van der Waals surface area contributed by atoms with Gasteiger partial charge in [-0.3, -0.25) is 9.59 Å². The molecule has 0 fully saturated rings. The number of benzene rings is 3. The van der Waals surface area contributed by atoms with Crippen molar-refractivity contribution in [2.24, 2.45) is 0 Å². The van der Waals surface area contributed by atoms with Gasteiger partial charge in [0.25, 0.3) is 5.91 Å². The summed E-state index contributed by atoms with van der Waals surface area (Å²) in [6.07, 6.45) is 1.08. The summed E-state index contributed by atoms with van der Waals surface area (Å²) < 4.78 is 6.44. The van der Waals surface area contributed by atoms with Crippen LogP contribution in [0.25, 0.3) is 0 Å². The van der Waals surface area contributed by atoms with Crippen LogP contribution in [0.2, 0.25) is 15.1 Å². The van der Waals surface area contributed by atoms with Gasteiger partial charge in [0, 0.05) is 34.1 Å². The Labute approximate surface area is 241 Å². The van der Waals surface area contributed by atoms with Crippen LogP contribution in [0.5, 0.6) is 5.75 Å².